The van der Waals surface area contributed by atoms with Crippen molar-refractivity contribution in [3.63, 3.8) is 0 Å². The molecule has 1 aromatic carbocycles. The SMILES string of the molecule is CNC(Cn1nc(OC)ccc1=O)c1ccccc1F. The van der Waals surface area contributed by atoms with Crippen molar-refractivity contribution in [2.24, 2.45) is 0 Å². The molecule has 2 aromatic rings. The summed E-state index contributed by atoms with van der Waals surface area (Å²) in [7, 11) is 3.19. The van der Waals surface area contributed by atoms with E-state index in [0.717, 1.165) is 0 Å². The minimum absolute atomic E-state index is 0.216. The van der Waals surface area contributed by atoms with E-state index >= 15 is 0 Å². The number of likely N-dealkylation sites (N-methyl/N-ethyl adjacent to an activating group) is 1. The molecule has 0 bridgehead atoms. The van der Waals surface area contributed by atoms with Crippen molar-refractivity contribution in [1.82, 2.24) is 15.1 Å². The molecule has 2 rings (SSSR count). The average molecular weight is 277 g/mol. The van der Waals surface area contributed by atoms with Crippen molar-refractivity contribution in [2.75, 3.05) is 14.2 Å². The summed E-state index contributed by atoms with van der Waals surface area (Å²) >= 11 is 0. The topological polar surface area (TPSA) is 56.1 Å². The number of hydrogen-bond donors (Lipinski definition) is 1. The highest BCUT2D eigenvalue weighted by Crippen LogP contribution is 2.17. The predicted molar refractivity (Wildman–Crippen MR) is 73.2 cm³/mol. The van der Waals surface area contributed by atoms with Crippen LogP contribution in [0.3, 0.4) is 0 Å². The molecule has 0 saturated heterocycles. The van der Waals surface area contributed by atoms with E-state index in [0.29, 0.717) is 11.4 Å². The number of ether oxygens (including phenoxy) is 1. The van der Waals surface area contributed by atoms with E-state index in [1.54, 1.807) is 25.2 Å². The smallest absolute Gasteiger partial charge is 0.267 e. The van der Waals surface area contributed by atoms with Gasteiger partial charge in [-0.05, 0) is 13.1 Å². The van der Waals surface area contributed by atoms with Crippen LogP contribution in [0.15, 0.2) is 41.2 Å². The normalized spacial score (nSPS) is 12.2. The summed E-state index contributed by atoms with van der Waals surface area (Å²) in [6, 6.07) is 8.97. The van der Waals surface area contributed by atoms with Crippen LogP contribution in [0.1, 0.15) is 11.6 Å². The fourth-order valence-corrected chi connectivity index (χ4v) is 1.95. The fourth-order valence-electron chi connectivity index (χ4n) is 1.95. The van der Waals surface area contributed by atoms with Gasteiger partial charge in [0.15, 0.2) is 0 Å². The lowest BCUT2D eigenvalue weighted by Crippen LogP contribution is -2.30. The van der Waals surface area contributed by atoms with Crippen molar-refractivity contribution < 1.29 is 9.13 Å². The maximum atomic E-state index is 13.8. The number of nitrogens with zero attached hydrogens (tertiary/aromatic N) is 2. The van der Waals surface area contributed by atoms with Crippen molar-refractivity contribution in [2.45, 2.75) is 12.6 Å². The molecule has 0 amide bonds. The molecule has 0 aliphatic carbocycles. The van der Waals surface area contributed by atoms with Crippen LogP contribution in [0.2, 0.25) is 0 Å². The highest BCUT2D eigenvalue weighted by atomic mass is 19.1. The van der Waals surface area contributed by atoms with Crippen molar-refractivity contribution in [3.8, 4) is 5.88 Å². The zero-order chi connectivity index (χ0) is 14.5. The molecule has 1 unspecified atom stereocenters. The summed E-state index contributed by atoms with van der Waals surface area (Å²) in [4.78, 5) is 11.8. The Morgan fingerprint density at radius 1 is 1.35 bits per heavy atom. The molecule has 1 atom stereocenters. The Labute approximate surface area is 116 Å². The van der Waals surface area contributed by atoms with Gasteiger partial charge in [-0.1, -0.05) is 18.2 Å². The molecule has 6 heteroatoms. The fraction of sp³-hybridized carbons (Fsp3) is 0.286. The summed E-state index contributed by atoms with van der Waals surface area (Å²) in [5, 5.41) is 7.05. The van der Waals surface area contributed by atoms with Crippen LogP contribution in [-0.2, 0) is 6.54 Å². The third-order valence-corrected chi connectivity index (χ3v) is 3.04. The van der Waals surface area contributed by atoms with Crippen LogP contribution in [0.25, 0.3) is 0 Å². The van der Waals surface area contributed by atoms with Gasteiger partial charge in [-0.2, -0.15) is 0 Å². The van der Waals surface area contributed by atoms with E-state index < -0.39 is 0 Å². The Morgan fingerprint density at radius 2 is 2.10 bits per heavy atom. The summed E-state index contributed by atoms with van der Waals surface area (Å²) in [6.07, 6.45) is 0. The Hall–Kier alpha value is -2.21. The van der Waals surface area contributed by atoms with E-state index in [1.807, 2.05) is 0 Å². The lowest BCUT2D eigenvalue weighted by atomic mass is 10.1. The summed E-state index contributed by atoms with van der Waals surface area (Å²) < 4.78 is 20.0. The molecule has 0 saturated carbocycles. The highest BCUT2D eigenvalue weighted by molar-refractivity contribution is 5.21. The first-order valence-corrected chi connectivity index (χ1v) is 6.19. The number of methoxy groups -OCH3 is 1. The van der Waals surface area contributed by atoms with Gasteiger partial charge in [0.25, 0.3) is 5.56 Å². The van der Waals surface area contributed by atoms with E-state index in [9.17, 15) is 9.18 Å². The first kappa shape index (κ1) is 14.2. The second-order valence-corrected chi connectivity index (χ2v) is 4.26. The van der Waals surface area contributed by atoms with Gasteiger partial charge in [-0.25, -0.2) is 9.07 Å². The van der Waals surface area contributed by atoms with Crippen LogP contribution in [0, 0.1) is 5.82 Å². The standard InChI is InChI=1S/C14H16FN3O2/c1-16-12(10-5-3-4-6-11(10)15)9-18-14(19)8-7-13(17-18)20-2/h3-8,12,16H,9H2,1-2H3. The molecule has 106 valence electrons. The maximum Gasteiger partial charge on any atom is 0.267 e. The number of benzene rings is 1. The van der Waals surface area contributed by atoms with Gasteiger partial charge in [-0.3, -0.25) is 4.79 Å². The first-order chi connectivity index (χ1) is 9.65. The van der Waals surface area contributed by atoms with Crippen LogP contribution in [0.4, 0.5) is 4.39 Å². The van der Waals surface area contributed by atoms with Crippen LogP contribution in [0.5, 0.6) is 5.88 Å². The summed E-state index contributed by atoms with van der Waals surface area (Å²) in [5.41, 5.74) is 0.230. The molecule has 1 N–H and O–H groups in total. The lowest BCUT2D eigenvalue weighted by Gasteiger charge is -2.18. The summed E-state index contributed by atoms with van der Waals surface area (Å²) in [6.45, 7) is 0.216. The Morgan fingerprint density at radius 3 is 2.75 bits per heavy atom. The van der Waals surface area contributed by atoms with Gasteiger partial charge in [0, 0.05) is 17.7 Å². The molecule has 0 spiro atoms. The molecule has 5 nitrogen and oxygen atoms in total. The number of nitrogens with one attached hydrogen (secondary N) is 1. The first-order valence-electron chi connectivity index (χ1n) is 6.19. The van der Waals surface area contributed by atoms with Gasteiger partial charge >= 0.3 is 0 Å². The third-order valence-electron chi connectivity index (χ3n) is 3.04. The van der Waals surface area contributed by atoms with E-state index in [2.05, 4.69) is 10.4 Å². The monoisotopic (exact) mass is 277 g/mol. The van der Waals surface area contributed by atoms with Crippen molar-refractivity contribution >= 4 is 0 Å². The molecule has 1 aromatic heterocycles. The van der Waals surface area contributed by atoms with Crippen LogP contribution >= 0.6 is 0 Å². The number of halogens is 1. The molecule has 0 radical (unpaired) electrons. The van der Waals surface area contributed by atoms with Crippen LogP contribution in [-0.4, -0.2) is 23.9 Å². The quantitative estimate of drug-likeness (QED) is 0.896. The van der Waals surface area contributed by atoms with E-state index in [4.69, 9.17) is 4.74 Å². The minimum atomic E-state index is -0.353. The maximum absolute atomic E-state index is 13.8. The van der Waals surface area contributed by atoms with Crippen molar-refractivity contribution in [3.05, 3.63) is 58.1 Å². The third kappa shape index (κ3) is 3.03. The van der Waals surface area contributed by atoms with Gasteiger partial charge in [-0.15, -0.1) is 5.10 Å². The Kier molecular flexibility index (Phi) is 4.47. The second kappa shape index (κ2) is 6.29. The minimum Gasteiger partial charge on any atom is -0.480 e. The zero-order valence-electron chi connectivity index (χ0n) is 11.3. The van der Waals surface area contributed by atoms with Crippen molar-refractivity contribution in [1.29, 1.82) is 0 Å². The largest absolute Gasteiger partial charge is 0.480 e. The van der Waals surface area contributed by atoms with E-state index in [-0.39, 0.29) is 24.0 Å². The second-order valence-electron chi connectivity index (χ2n) is 4.26. The van der Waals surface area contributed by atoms with Gasteiger partial charge < -0.3 is 10.1 Å². The van der Waals surface area contributed by atoms with Gasteiger partial charge in [0.1, 0.15) is 5.82 Å². The molecule has 0 aliphatic heterocycles. The zero-order valence-corrected chi connectivity index (χ0v) is 11.3. The molecule has 0 fully saturated rings. The highest BCUT2D eigenvalue weighted by Gasteiger charge is 2.15. The van der Waals surface area contributed by atoms with Gasteiger partial charge in [0.05, 0.1) is 19.7 Å². The number of hydrogen-bond acceptors (Lipinski definition) is 4. The predicted octanol–water partition coefficient (Wildman–Crippen LogP) is 1.35. The molecular formula is C14H16FN3O2. The lowest BCUT2D eigenvalue weighted by molar-refractivity contribution is 0.362. The average Bonchev–Trinajstić information content (AvgIpc) is 2.47. The molecular weight excluding hydrogens is 261 g/mol. The Balaban J connectivity index is 2.31. The van der Waals surface area contributed by atoms with Gasteiger partial charge in [0.2, 0.25) is 5.88 Å². The van der Waals surface area contributed by atoms with Crippen LogP contribution < -0.4 is 15.6 Å². The number of rotatable bonds is 5. The Bertz CT molecular complexity index is 642. The molecule has 1 heterocycles. The summed E-state index contributed by atoms with van der Waals surface area (Å²) in [5.74, 6) is 0.0239. The van der Waals surface area contributed by atoms with E-state index in [1.165, 1.54) is 30.0 Å². The molecule has 0 aliphatic rings. The number of aromatic nitrogens is 2. The molecule has 20 heavy (non-hydrogen) atoms.